The number of rotatable bonds is 6. The number of amides is 1. The van der Waals surface area contributed by atoms with Crippen LogP contribution >= 0.6 is 36.2 Å². The first kappa shape index (κ1) is 21.9. The molecule has 1 unspecified atom stereocenters. The molecule has 1 heterocycles. The number of benzene rings is 1. The lowest BCUT2D eigenvalue weighted by Gasteiger charge is -2.23. The normalized spacial score (nSPS) is 11.1. The summed E-state index contributed by atoms with van der Waals surface area (Å²) in [6.45, 7) is 2.42. The van der Waals surface area contributed by atoms with Gasteiger partial charge in [0.05, 0.1) is 17.1 Å². The molecule has 0 saturated carbocycles. The van der Waals surface area contributed by atoms with Crippen molar-refractivity contribution >= 4 is 42.1 Å². The first-order valence-electron chi connectivity index (χ1n) is 7.03. The number of hydrogen-bond donors (Lipinski definition) is 1. The fraction of sp³-hybridized carbons (Fsp3) is 0.375. The van der Waals surface area contributed by atoms with E-state index in [0.717, 1.165) is 17.1 Å². The van der Waals surface area contributed by atoms with Gasteiger partial charge in [0, 0.05) is 31.4 Å². The number of nitrogens with two attached hydrogens (primary N) is 1. The lowest BCUT2D eigenvalue weighted by molar-refractivity contribution is -0.130. The number of thiazole rings is 1. The van der Waals surface area contributed by atoms with Gasteiger partial charge in [-0.1, -0.05) is 30.3 Å². The van der Waals surface area contributed by atoms with Gasteiger partial charge in [0.2, 0.25) is 5.91 Å². The molecule has 0 aliphatic heterocycles. The third-order valence-electron chi connectivity index (χ3n) is 3.53. The third-order valence-corrected chi connectivity index (χ3v) is 4.42. The molecule has 0 aliphatic rings. The monoisotopic (exact) mass is 375 g/mol. The van der Waals surface area contributed by atoms with Crippen LogP contribution in [0.1, 0.15) is 23.2 Å². The van der Waals surface area contributed by atoms with E-state index in [0.29, 0.717) is 13.0 Å². The molecule has 2 N–H and O–H groups in total. The molecule has 1 aromatic heterocycles. The highest BCUT2D eigenvalue weighted by Gasteiger charge is 2.16. The molecule has 1 aromatic carbocycles. The first-order chi connectivity index (χ1) is 10.1. The number of carbonyl (C=O) groups is 1. The smallest absolute Gasteiger partial charge is 0.228 e. The molecule has 128 valence electrons. The molecule has 0 fully saturated rings. The van der Waals surface area contributed by atoms with E-state index in [9.17, 15) is 4.79 Å². The van der Waals surface area contributed by atoms with Gasteiger partial charge in [-0.05, 0) is 12.5 Å². The highest BCUT2D eigenvalue weighted by molar-refractivity contribution is 7.09. The van der Waals surface area contributed by atoms with Crippen LogP contribution in [0.2, 0.25) is 0 Å². The zero-order valence-electron chi connectivity index (χ0n) is 13.3. The van der Waals surface area contributed by atoms with Gasteiger partial charge in [-0.15, -0.1) is 36.2 Å². The molecule has 0 saturated heterocycles. The Hall–Kier alpha value is -1.14. The number of aromatic nitrogens is 1. The fourth-order valence-corrected chi connectivity index (χ4v) is 2.79. The van der Waals surface area contributed by atoms with Crippen LogP contribution in [0.5, 0.6) is 0 Å². The summed E-state index contributed by atoms with van der Waals surface area (Å²) in [6.07, 6.45) is 1.15. The average molecular weight is 376 g/mol. The molecule has 0 radical (unpaired) electrons. The predicted octanol–water partition coefficient (Wildman–Crippen LogP) is 2.93. The number of hydrogen-bond acceptors (Lipinski definition) is 4. The Kier molecular flexibility index (Phi) is 10.1. The van der Waals surface area contributed by atoms with Crippen molar-refractivity contribution in [2.75, 3.05) is 13.6 Å². The lowest BCUT2D eigenvalue weighted by Crippen LogP contribution is -2.40. The first-order valence-corrected chi connectivity index (χ1v) is 7.91. The Balaban J connectivity index is 0.00000242. The zero-order valence-corrected chi connectivity index (χ0v) is 15.7. The predicted molar refractivity (Wildman–Crippen MR) is 101 cm³/mol. The molecule has 0 spiro atoms. The fourth-order valence-electron chi connectivity index (χ4n) is 1.97. The molecule has 7 heteroatoms. The maximum Gasteiger partial charge on any atom is 0.228 e. The third kappa shape index (κ3) is 6.47. The van der Waals surface area contributed by atoms with Gasteiger partial charge in [-0.3, -0.25) is 4.79 Å². The molecule has 2 aromatic rings. The summed E-state index contributed by atoms with van der Waals surface area (Å²) < 4.78 is 0. The Labute approximate surface area is 153 Å². The standard InChI is InChI=1S/C16H21N3OS.2ClH/c1-12(10-17)19(2)16(20)9-14-11-21-15(18-14)8-13-6-4-3-5-7-13;;/h3-7,11-12H,8-10,17H2,1-2H3;2*1H. The maximum absolute atomic E-state index is 12.1. The molecular weight excluding hydrogens is 353 g/mol. The van der Waals surface area contributed by atoms with E-state index in [1.54, 1.807) is 23.3 Å². The second-order valence-electron chi connectivity index (χ2n) is 5.16. The molecular formula is C16H23Cl2N3OS. The van der Waals surface area contributed by atoms with Crippen molar-refractivity contribution in [3.8, 4) is 0 Å². The van der Waals surface area contributed by atoms with Crippen LogP contribution in [-0.4, -0.2) is 35.4 Å². The summed E-state index contributed by atoms with van der Waals surface area (Å²) in [4.78, 5) is 18.4. The highest BCUT2D eigenvalue weighted by Crippen LogP contribution is 2.15. The SMILES string of the molecule is CC(CN)N(C)C(=O)Cc1csc(Cc2ccccc2)n1.Cl.Cl. The van der Waals surface area contributed by atoms with Gasteiger partial charge in [0.15, 0.2) is 0 Å². The van der Waals surface area contributed by atoms with Gasteiger partial charge in [0.1, 0.15) is 0 Å². The van der Waals surface area contributed by atoms with Crippen molar-refractivity contribution in [3.63, 3.8) is 0 Å². The molecule has 1 atom stereocenters. The van der Waals surface area contributed by atoms with Crippen molar-refractivity contribution in [3.05, 3.63) is 52.0 Å². The van der Waals surface area contributed by atoms with Crippen molar-refractivity contribution in [1.29, 1.82) is 0 Å². The summed E-state index contributed by atoms with van der Waals surface area (Å²) in [5.74, 6) is 0.0597. The van der Waals surface area contributed by atoms with Crippen LogP contribution < -0.4 is 5.73 Å². The van der Waals surface area contributed by atoms with Crippen molar-refractivity contribution in [2.24, 2.45) is 5.73 Å². The van der Waals surface area contributed by atoms with Crippen molar-refractivity contribution in [1.82, 2.24) is 9.88 Å². The minimum atomic E-state index is 0. The van der Waals surface area contributed by atoms with Crippen molar-refractivity contribution in [2.45, 2.75) is 25.8 Å². The van der Waals surface area contributed by atoms with Gasteiger partial charge in [0.25, 0.3) is 0 Å². The van der Waals surface area contributed by atoms with E-state index >= 15 is 0 Å². The van der Waals surface area contributed by atoms with E-state index < -0.39 is 0 Å². The van der Waals surface area contributed by atoms with Gasteiger partial charge >= 0.3 is 0 Å². The van der Waals surface area contributed by atoms with Gasteiger partial charge in [-0.25, -0.2) is 4.98 Å². The minimum absolute atomic E-state index is 0. The average Bonchev–Trinajstić information content (AvgIpc) is 2.93. The van der Waals surface area contributed by atoms with E-state index in [2.05, 4.69) is 17.1 Å². The Morgan fingerprint density at radius 3 is 2.57 bits per heavy atom. The second-order valence-corrected chi connectivity index (χ2v) is 6.10. The van der Waals surface area contributed by atoms with E-state index in [1.807, 2.05) is 30.5 Å². The molecule has 23 heavy (non-hydrogen) atoms. The summed E-state index contributed by atoms with van der Waals surface area (Å²) in [7, 11) is 1.79. The lowest BCUT2D eigenvalue weighted by atomic mass is 10.2. The topological polar surface area (TPSA) is 59.2 Å². The Morgan fingerprint density at radius 1 is 1.30 bits per heavy atom. The summed E-state index contributed by atoms with van der Waals surface area (Å²) >= 11 is 1.61. The van der Waals surface area contributed by atoms with E-state index in [4.69, 9.17) is 5.73 Å². The zero-order chi connectivity index (χ0) is 15.2. The number of halogens is 2. The Morgan fingerprint density at radius 2 is 1.96 bits per heavy atom. The van der Waals surface area contributed by atoms with Gasteiger partial charge < -0.3 is 10.6 Å². The number of likely N-dealkylation sites (N-methyl/N-ethyl adjacent to an activating group) is 1. The maximum atomic E-state index is 12.1. The second kappa shape index (κ2) is 10.6. The molecule has 4 nitrogen and oxygen atoms in total. The highest BCUT2D eigenvalue weighted by atomic mass is 35.5. The van der Waals surface area contributed by atoms with Crippen LogP contribution in [-0.2, 0) is 17.6 Å². The molecule has 2 rings (SSSR count). The number of nitrogens with zero attached hydrogens (tertiary/aromatic N) is 2. The number of carbonyl (C=O) groups excluding carboxylic acids is 1. The molecule has 1 amide bonds. The largest absolute Gasteiger partial charge is 0.341 e. The summed E-state index contributed by atoms with van der Waals surface area (Å²) in [5, 5.41) is 3.01. The van der Waals surface area contributed by atoms with E-state index in [1.165, 1.54) is 5.56 Å². The minimum Gasteiger partial charge on any atom is -0.341 e. The van der Waals surface area contributed by atoms with Crippen LogP contribution in [0.25, 0.3) is 0 Å². The molecule has 0 bridgehead atoms. The van der Waals surface area contributed by atoms with Gasteiger partial charge in [-0.2, -0.15) is 0 Å². The van der Waals surface area contributed by atoms with E-state index in [-0.39, 0.29) is 36.8 Å². The quantitative estimate of drug-likeness (QED) is 0.843. The van der Waals surface area contributed by atoms with Crippen LogP contribution in [0.15, 0.2) is 35.7 Å². The summed E-state index contributed by atoms with van der Waals surface area (Å²) in [5.41, 5.74) is 7.66. The van der Waals surface area contributed by atoms with Crippen LogP contribution in [0, 0.1) is 0 Å². The summed E-state index contributed by atoms with van der Waals surface area (Å²) in [6, 6.07) is 10.3. The molecule has 0 aliphatic carbocycles. The van der Waals surface area contributed by atoms with Crippen LogP contribution in [0.4, 0.5) is 0 Å². The van der Waals surface area contributed by atoms with Crippen LogP contribution in [0.3, 0.4) is 0 Å². The Bertz CT molecular complexity index is 592. The van der Waals surface area contributed by atoms with Crippen molar-refractivity contribution < 1.29 is 4.79 Å².